The van der Waals surface area contributed by atoms with Crippen molar-refractivity contribution in [2.75, 3.05) is 0 Å². The minimum absolute atomic E-state index is 0.101. The monoisotopic (exact) mass is 286 g/mol. The fourth-order valence-corrected chi connectivity index (χ4v) is 2.36. The number of amides is 1. The molecule has 2 atom stereocenters. The zero-order valence-electron chi connectivity index (χ0n) is 11.9. The topological polar surface area (TPSA) is 55.1 Å². The summed E-state index contributed by atoms with van der Waals surface area (Å²) < 4.78 is 13.5. The Morgan fingerprint density at radius 1 is 1.14 bits per heavy atom. The van der Waals surface area contributed by atoms with Gasteiger partial charge in [-0.05, 0) is 30.2 Å². The molecule has 0 aliphatic heterocycles. The molecule has 110 valence electrons. The van der Waals surface area contributed by atoms with Crippen LogP contribution in [0.2, 0.25) is 0 Å². The van der Waals surface area contributed by atoms with E-state index in [-0.39, 0.29) is 30.2 Å². The number of hydrogen-bond acceptors (Lipinski definition) is 2. The van der Waals surface area contributed by atoms with Crippen molar-refractivity contribution in [3.8, 4) is 0 Å². The molecule has 0 saturated carbocycles. The van der Waals surface area contributed by atoms with E-state index in [1.165, 1.54) is 12.1 Å². The van der Waals surface area contributed by atoms with E-state index in [2.05, 4.69) is 5.32 Å². The summed E-state index contributed by atoms with van der Waals surface area (Å²) in [6.07, 6.45) is 0.235. The summed E-state index contributed by atoms with van der Waals surface area (Å²) >= 11 is 0. The number of primary amides is 1. The highest BCUT2D eigenvalue weighted by atomic mass is 19.1. The van der Waals surface area contributed by atoms with Gasteiger partial charge >= 0.3 is 0 Å². The van der Waals surface area contributed by atoms with Crippen molar-refractivity contribution >= 4 is 5.91 Å². The largest absolute Gasteiger partial charge is 0.370 e. The first-order chi connectivity index (χ1) is 10.1. The first kappa shape index (κ1) is 15.2. The van der Waals surface area contributed by atoms with E-state index in [0.29, 0.717) is 0 Å². The number of halogens is 1. The fraction of sp³-hybridized carbons (Fsp3) is 0.235. The molecule has 2 aromatic carbocycles. The Labute approximate surface area is 124 Å². The Hall–Kier alpha value is -2.20. The van der Waals surface area contributed by atoms with E-state index in [1.807, 2.05) is 43.3 Å². The molecule has 2 aromatic rings. The second-order valence-electron chi connectivity index (χ2n) is 5.14. The molecular formula is C17H19FN2O. The lowest BCUT2D eigenvalue weighted by molar-refractivity contribution is -0.118. The van der Waals surface area contributed by atoms with Crippen LogP contribution in [0.1, 0.15) is 30.5 Å². The number of nitrogens with one attached hydrogen (secondary N) is 1. The van der Waals surface area contributed by atoms with Gasteiger partial charge in [-0.3, -0.25) is 4.79 Å². The van der Waals surface area contributed by atoms with Gasteiger partial charge in [0, 0.05) is 12.5 Å². The van der Waals surface area contributed by atoms with Crippen LogP contribution in [0.4, 0.5) is 4.39 Å². The molecule has 3 nitrogen and oxygen atoms in total. The predicted molar refractivity (Wildman–Crippen MR) is 81.1 cm³/mol. The molecule has 0 aliphatic carbocycles. The number of carbonyl (C=O) groups excluding carboxylic acids is 1. The SMILES string of the molecule is C[C@@H](CC(N)=O)N[C@@H](c1ccccc1)c1cccc(F)c1. The van der Waals surface area contributed by atoms with Crippen molar-refractivity contribution in [3.05, 3.63) is 71.5 Å². The third-order valence-corrected chi connectivity index (χ3v) is 3.27. The minimum atomic E-state index is -0.360. The Bertz CT molecular complexity index is 601. The van der Waals surface area contributed by atoms with Crippen LogP contribution in [0.3, 0.4) is 0 Å². The second kappa shape index (κ2) is 6.99. The van der Waals surface area contributed by atoms with Gasteiger partial charge in [-0.2, -0.15) is 0 Å². The first-order valence-electron chi connectivity index (χ1n) is 6.91. The number of rotatable bonds is 6. The number of nitrogens with two attached hydrogens (primary N) is 1. The van der Waals surface area contributed by atoms with Crippen molar-refractivity contribution in [3.63, 3.8) is 0 Å². The number of carbonyl (C=O) groups is 1. The van der Waals surface area contributed by atoms with Crippen molar-refractivity contribution in [2.24, 2.45) is 5.73 Å². The smallest absolute Gasteiger partial charge is 0.218 e. The van der Waals surface area contributed by atoms with Gasteiger partial charge in [0.2, 0.25) is 5.91 Å². The molecule has 3 N–H and O–H groups in total. The van der Waals surface area contributed by atoms with Crippen molar-refractivity contribution in [2.45, 2.75) is 25.4 Å². The van der Waals surface area contributed by atoms with E-state index in [4.69, 9.17) is 5.73 Å². The van der Waals surface area contributed by atoms with Crippen molar-refractivity contribution in [1.82, 2.24) is 5.32 Å². The molecule has 0 aliphatic rings. The summed E-state index contributed by atoms with van der Waals surface area (Å²) in [5, 5.41) is 3.34. The summed E-state index contributed by atoms with van der Waals surface area (Å²) in [7, 11) is 0. The van der Waals surface area contributed by atoms with Gasteiger partial charge in [-0.25, -0.2) is 4.39 Å². The fourth-order valence-electron chi connectivity index (χ4n) is 2.36. The normalized spacial score (nSPS) is 13.6. The van der Waals surface area contributed by atoms with E-state index >= 15 is 0 Å². The third-order valence-electron chi connectivity index (χ3n) is 3.27. The zero-order chi connectivity index (χ0) is 15.2. The maximum Gasteiger partial charge on any atom is 0.218 e. The molecule has 0 saturated heterocycles. The van der Waals surface area contributed by atoms with Gasteiger partial charge in [0.25, 0.3) is 0 Å². The molecule has 0 unspecified atom stereocenters. The molecule has 0 fully saturated rings. The quantitative estimate of drug-likeness (QED) is 0.858. The first-order valence-corrected chi connectivity index (χ1v) is 6.91. The average molecular weight is 286 g/mol. The summed E-state index contributed by atoms with van der Waals surface area (Å²) in [5.74, 6) is -0.640. The third kappa shape index (κ3) is 4.39. The Kier molecular flexibility index (Phi) is 5.06. The van der Waals surface area contributed by atoms with Gasteiger partial charge in [0.15, 0.2) is 0 Å². The van der Waals surface area contributed by atoms with Crippen LogP contribution in [0.5, 0.6) is 0 Å². The lowest BCUT2D eigenvalue weighted by Gasteiger charge is -2.24. The van der Waals surface area contributed by atoms with Crippen LogP contribution in [0.15, 0.2) is 54.6 Å². The van der Waals surface area contributed by atoms with Crippen LogP contribution < -0.4 is 11.1 Å². The van der Waals surface area contributed by atoms with Gasteiger partial charge < -0.3 is 11.1 Å². The Balaban J connectivity index is 2.29. The van der Waals surface area contributed by atoms with Gasteiger partial charge in [-0.1, -0.05) is 42.5 Å². The Morgan fingerprint density at radius 2 is 1.81 bits per heavy atom. The standard InChI is InChI=1S/C17H19FN2O/c1-12(10-16(19)21)20-17(13-6-3-2-4-7-13)14-8-5-9-15(18)11-14/h2-9,11-12,17,20H,10H2,1H3,(H2,19,21)/t12-,17-/m0/s1. The molecule has 4 heteroatoms. The summed E-state index contributed by atoms with van der Waals surface area (Å²) in [4.78, 5) is 11.0. The maximum absolute atomic E-state index is 13.5. The molecular weight excluding hydrogens is 267 g/mol. The van der Waals surface area contributed by atoms with Crippen LogP contribution in [0, 0.1) is 5.82 Å². The van der Waals surface area contributed by atoms with Crippen molar-refractivity contribution in [1.29, 1.82) is 0 Å². The predicted octanol–water partition coefficient (Wildman–Crippen LogP) is 2.77. The number of hydrogen-bond donors (Lipinski definition) is 2. The molecule has 0 spiro atoms. The highest BCUT2D eigenvalue weighted by Gasteiger charge is 2.17. The summed E-state index contributed by atoms with van der Waals surface area (Å²) in [6.45, 7) is 1.89. The van der Waals surface area contributed by atoms with E-state index in [1.54, 1.807) is 6.07 Å². The molecule has 2 rings (SSSR count). The van der Waals surface area contributed by atoms with E-state index in [9.17, 15) is 9.18 Å². The lowest BCUT2D eigenvalue weighted by Crippen LogP contribution is -2.34. The molecule has 0 bridgehead atoms. The summed E-state index contributed by atoms with van der Waals surface area (Å²) in [5.41, 5.74) is 7.06. The molecule has 0 radical (unpaired) electrons. The van der Waals surface area contributed by atoms with Crippen LogP contribution in [-0.4, -0.2) is 11.9 Å². The van der Waals surface area contributed by atoms with Crippen molar-refractivity contribution < 1.29 is 9.18 Å². The van der Waals surface area contributed by atoms with Crippen LogP contribution in [0.25, 0.3) is 0 Å². The number of benzene rings is 2. The molecule has 0 heterocycles. The minimum Gasteiger partial charge on any atom is -0.370 e. The highest BCUT2D eigenvalue weighted by molar-refractivity contribution is 5.74. The van der Waals surface area contributed by atoms with Crippen LogP contribution >= 0.6 is 0 Å². The molecule has 0 aromatic heterocycles. The molecule has 21 heavy (non-hydrogen) atoms. The second-order valence-corrected chi connectivity index (χ2v) is 5.14. The maximum atomic E-state index is 13.5. The van der Waals surface area contributed by atoms with Crippen LogP contribution in [-0.2, 0) is 4.79 Å². The van der Waals surface area contributed by atoms with Gasteiger partial charge in [0.1, 0.15) is 5.82 Å². The Morgan fingerprint density at radius 3 is 2.43 bits per heavy atom. The lowest BCUT2D eigenvalue weighted by atomic mass is 9.97. The molecule has 1 amide bonds. The average Bonchev–Trinajstić information content (AvgIpc) is 2.45. The van der Waals surface area contributed by atoms with E-state index < -0.39 is 0 Å². The zero-order valence-corrected chi connectivity index (χ0v) is 11.9. The van der Waals surface area contributed by atoms with Gasteiger partial charge in [0.05, 0.1) is 6.04 Å². The van der Waals surface area contributed by atoms with E-state index in [0.717, 1.165) is 11.1 Å². The highest BCUT2D eigenvalue weighted by Crippen LogP contribution is 2.23. The summed E-state index contributed by atoms with van der Waals surface area (Å²) in [6, 6.07) is 15.9. The van der Waals surface area contributed by atoms with Gasteiger partial charge in [-0.15, -0.1) is 0 Å².